The van der Waals surface area contributed by atoms with Gasteiger partial charge in [-0.25, -0.2) is 9.45 Å². The largest absolute Gasteiger partial charge is 0.294 e. The van der Waals surface area contributed by atoms with Gasteiger partial charge < -0.3 is 0 Å². The van der Waals surface area contributed by atoms with Gasteiger partial charge in [0.15, 0.2) is 5.78 Å². The van der Waals surface area contributed by atoms with Gasteiger partial charge in [-0.05, 0) is 36.6 Å². The number of halogens is 1. The number of benzene rings is 1. The Labute approximate surface area is 109 Å². The molecular weight excluding hydrogens is 249 g/mol. The van der Waals surface area contributed by atoms with E-state index in [9.17, 15) is 19.2 Å². The normalized spacial score (nSPS) is 30.1. The molecule has 1 amide bonds. The molecule has 100 valence electrons. The van der Waals surface area contributed by atoms with E-state index in [0.29, 0.717) is 29.0 Å². The Morgan fingerprint density at radius 1 is 1.42 bits per heavy atom. The molecule has 4 nitrogen and oxygen atoms in total. The van der Waals surface area contributed by atoms with Gasteiger partial charge in [0.2, 0.25) is 0 Å². The van der Waals surface area contributed by atoms with Gasteiger partial charge in [-0.2, -0.15) is 0 Å². The number of carbonyl (C=O) groups excluding carboxylic acids is 2. The molecule has 1 fully saturated rings. The third kappa shape index (κ3) is 1.54. The van der Waals surface area contributed by atoms with Crippen LogP contribution in [0.15, 0.2) is 18.2 Å². The number of hydroxylamine groups is 2. The predicted octanol–water partition coefficient (Wildman–Crippen LogP) is 1.91. The standard InChI is InChI=1S/C14H14FNO3/c1-8-7-14(4-5-16(19)13(14)18)11-6-9(15)2-3-10(11)12(8)17/h2-3,6,8,19H,4-5,7H2,1H3. The minimum absolute atomic E-state index is 0.0650. The summed E-state index contributed by atoms with van der Waals surface area (Å²) in [5, 5.41) is 10.2. The molecule has 1 aromatic carbocycles. The zero-order valence-electron chi connectivity index (χ0n) is 10.5. The lowest BCUT2D eigenvalue weighted by Gasteiger charge is -2.35. The summed E-state index contributed by atoms with van der Waals surface area (Å²) >= 11 is 0. The van der Waals surface area contributed by atoms with Crippen LogP contribution < -0.4 is 0 Å². The smallest absolute Gasteiger partial charge is 0.256 e. The average Bonchev–Trinajstić information content (AvgIpc) is 2.66. The van der Waals surface area contributed by atoms with Crippen molar-refractivity contribution in [2.75, 3.05) is 6.54 Å². The molecule has 1 aliphatic carbocycles. The van der Waals surface area contributed by atoms with E-state index in [1.807, 2.05) is 0 Å². The lowest BCUT2D eigenvalue weighted by atomic mass is 9.65. The highest BCUT2D eigenvalue weighted by Crippen LogP contribution is 2.46. The van der Waals surface area contributed by atoms with Crippen molar-refractivity contribution in [3.63, 3.8) is 0 Å². The first-order valence-corrected chi connectivity index (χ1v) is 6.31. The summed E-state index contributed by atoms with van der Waals surface area (Å²) in [6, 6.07) is 3.94. The molecule has 1 heterocycles. The second kappa shape index (κ2) is 3.87. The first kappa shape index (κ1) is 12.3. The van der Waals surface area contributed by atoms with Crippen molar-refractivity contribution in [2.24, 2.45) is 5.92 Å². The molecule has 19 heavy (non-hydrogen) atoms. The van der Waals surface area contributed by atoms with Crippen LogP contribution >= 0.6 is 0 Å². The zero-order valence-corrected chi connectivity index (χ0v) is 10.5. The van der Waals surface area contributed by atoms with E-state index < -0.39 is 17.1 Å². The molecule has 0 bridgehead atoms. The Hall–Kier alpha value is -1.75. The Kier molecular flexibility index (Phi) is 2.50. The molecule has 1 aliphatic heterocycles. The zero-order chi connectivity index (χ0) is 13.8. The van der Waals surface area contributed by atoms with Crippen LogP contribution in [0.3, 0.4) is 0 Å². The van der Waals surface area contributed by atoms with Crippen LogP contribution in [-0.4, -0.2) is 28.5 Å². The molecular formula is C14H14FNO3. The van der Waals surface area contributed by atoms with Crippen molar-refractivity contribution >= 4 is 11.7 Å². The Morgan fingerprint density at radius 2 is 2.16 bits per heavy atom. The highest BCUT2D eigenvalue weighted by atomic mass is 19.1. The number of hydrogen-bond donors (Lipinski definition) is 1. The van der Waals surface area contributed by atoms with Crippen molar-refractivity contribution in [3.05, 3.63) is 35.1 Å². The maximum atomic E-state index is 13.5. The highest BCUT2D eigenvalue weighted by Gasteiger charge is 2.53. The number of Topliss-reactive ketones (excluding diaryl/α,β-unsaturated/α-hetero) is 1. The fraction of sp³-hybridized carbons (Fsp3) is 0.429. The highest BCUT2D eigenvalue weighted by molar-refractivity contribution is 6.04. The molecule has 1 N–H and O–H groups in total. The molecule has 1 spiro atoms. The number of ketones is 1. The number of fused-ring (bicyclic) bond motifs is 2. The summed E-state index contributed by atoms with van der Waals surface area (Å²) < 4.78 is 13.5. The Bertz CT molecular complexity index is 586. The number of hydrogen-bond acceptors (Lipinski definition) is 3. The molecule has 2 unspecified atom stereocenters. The van der Waals surface area contributed by atoms with Crippen LogP contribution in [0, 0.1) is 11.7 Å². The van der Waals surface area contributed by atoms with Gasteiger partial charge in [-0.15, -0.1) is 0 Å². The van der Waals surface area contributed by atoms with Gasteiger partial charge in [0.25, 0.3) is 5.91 Å². The number of amides is 1. The van der Waals surface area contributed by atoms with Crippen molar-refractivity contribution in [1.29, 1.82) is 0 Å². The van der Waals surface area contributed by atoms with Crippen LogP contribution in [0.2, 0.25) is 0 Å². The number of rotatable bonds is 0. The van der Waals surface area contributed by atoms with Crippen LogP contribution in [-0.2, 0) is 10.2 Å². The minimum atomic E-state index is -0.945. The van der Waals surface area contributed by atoms with Gasteiger partial charge >= 0.3 is 0 Å². The first-order chi connectivity index (χ1) is 8.95. The van der Waals surface area contributed by atoms with Crippen LogP contribution in [0.5, 0.6) is 0 Å². The fourth-order valence-electron chi connectivity index (χ4n) is 3.31. The van der Waals surface area contributed by atoms with Gasteiger partial charge in [-0.3, -0.25) is 14.8 Å². The molecule has 1 aromatic rings. The Morgan fingerprint density at radius 3 is 2.79 bits per heavy atom. The third-order valence-corrected chi connectivity index (χ3v) is 4.26. The van der Waals surface area contributed by atoms with Crippen molar-refractivity contribution in [2.45, 2.75) is 25.2 Å². The summed E-state index contributed by atoms with van der Waals surface area (Å²) in [7, 11) is 0. The van der Waals surface area contributed by atoms with Gasteiger partial charge in [0.05, 0.1) is 5.41 Å². The van der Waals surface area contributed by atoms with E-state index in [4.69, 9.17) is 0 Å². The second-order valence-electron chi connectivity index (χ2n) is 5.42. The van der Waals surface area contributed by atoms with Crippen LogP contribution in [0.1, 0.15) is 35.7 Å². The number of carbonyl (C=O) groups is 2. The molecule has 0 saturated carbocycles. The van der Waals surface area contributed by atoms with E-state index >= 15 is 0 Å². The van der Waals surface area contributed by atoms with E-state index in [0.717, 1.165) is 0 Å². The summed E-state index contributed by atoms with van der Waals surface area (Å²) in [5.41, 5.74) is -0.111. The van der Waals surface area contributed by atoms with Gasteiger partial charge in [0, 0.05) is 18.0 Å². The first-order valence-electron chi connectivity index (χ1n) is 6.31. The lowest BCUT2D eigenvalue weighted by Crippen LogP contribution is -2.43. The predicted molar refractivity (Wildman–Crippen MR) is 64.3 cm³/mol. The third-order valence-electron chi connectivity index (χ3n) is 4.26. The molecule has 0 aromatic heterocycles. The van der Waals surface area contributed by atoms with E-state index in [1.165, 1.54) is 18.2 Å². The summed E-state index contributed by atoms with van der Waals surface area (Å²) in [4.78, 5) is 24.4. The topological polar surface area (TPSA) is 57.6 Å². The average molecular weight is 263 g/mol. The van der Waals surface area contributed by atoms with E-state index in [-0.39, 0.29) is 18.2 Å². The maximum absolute atomic E-state index is 13.5. The summed E-state index contributed by atoms with van der Waals surface area (Å²) in [6.07, 6.45) is 0.745. The summed E-state index contributed by atoms with van der Waals surface area (Å²) in [6.45, 7) is 1.99. The quantitative estimate of drug-likeness (QED) is 0.727. The van der Waals surface area contributed by atoms with Crippen LogP contribution in [0.4, 0.5) is 4.39 Å². The molecule has 5 heteroatoms. The SMILES string of the molecule is CC1CC2(CCN(O)C2=O)c2cc(F)ccc2C1=O. The molecule has 2 aliphatic rings. The van der Waals surface area contributed by atoms with E-state index in [1.54, 1.807) is 6.92 Å². The van der Waals surface area contributed by atoms with E-state index in [2.05, 4.69) is 0 Å². The number of nitrogens with zero attached hydrogens (tertiary/aromatic N) is 1. The monoisotopic (exact) mass is 263 g/mol. The minimum Gasteiger partial charge on any atom is -0.294 e. The summed E-state index contributed by atoms with van der Waals surface area (Å²) in [5.74, 6) is -1.26. The van der Waals surface area contributed by atoms with Crippen molar-refractivity contribution in [3.8, 4) is 0 Å². The van der Waals surface area contributed by atoms with Crippen LogP contribution in [0.25, 0.3) is 0 Å². The Balaban J connectivity index is 2.24. The molecule has 1 saturated heterocycles. The maximum Gasteiger partial charge on any atom is 0.256 e. The fourth-order valence-corrected chi connectivity index (χ4v) is 3.31. The van der Waals surface area contributed by atoms with Crippen molar-refractivity contribution < 1.29 is 19.2 Å². The molecule has 3 rings (SSSR count). The molecule has 0 radical (unpaired) electrons. The second-order valence-corrected chi connectivity index (χ2v) is 5.42. The molecule has 2 atom stereocenters. The van der Waals surface area contributed by atoms with Gasteiger partial charge in [0.1, 0.15) is 5.82 Å². The van der Waals surface area contributed by atoms with Crippen molar-refractivity contribution in [1.82, 2.24) is 5.06 Å². The van der Waals surface area contributed by atoms with Gasteiger partial charge in [-0.1, -0.05) is 6.92 Å². The lowest BCUT2D eigenvalue weighted by molar-refractivity contribution is -0.161.